The Balaban J connectivity index is 0.000000383. The summed E-state index contributed by atoms with van der Waals surface area (Å²) < 4.78 is 31.7. The fourth-order valence-electron chi connectivity index (χ4n) is 5.07. The number of carboxylic acids is 1. The van der Waals surface area contributed by atoms with Gasteiger partial charge in [-0.1, -0.05) is 0 Å². The van der Waals surface area contributed by atoms with Crippen LogP contribution in [0.25, 0.3) is 0 Å². The van der Waals surface area contributed by atoms with E-state index < -0.39 is 12.1 Å². The molecule has 3 aliphatic rings. The molecule has 3 heterocycles. The number of aliphatic carboxylic acids is 1. The van der Waals surface area contributed by atoms with Gasteiger partial charge in [0.05, 0.1) is 0 Å². The van der Waals surface area contributed by atoms with Crippen LogP contribution >= 0.6 is 0 Å². The van der Waals surface area contributed by atoms with E-state index in [9.17, 15) is 18.0 Å². The zero-order valence-corrected chi connectivity index (χ0v) is 19.1. The van der Waals surface area contributed by atoms with Crippen LogP contribution in [-0.2, 0) is 9.59 Å². The average Bonchev–Trinajstić information content (AvgIpc) is 3.32. The van der Waals surface area contributed by atoms with Crippen molar-refractivity contribution in [2.75, 3.05) is 31.1 Å². The highest BCUT2D eigenvalue weighted by atomic mass is 19.4. The van der Waals surface area contributed by atoms with E-state index >= 15 is 0 Å². The molecule has 0 bridgehead atoms. The summed E-state index contributed by atoms with van der Waals surface area (Å²) in [5.41, 5.74) is 1.62. The Hall–Kier alpha value is -2.39. The molecular weight excluding hydrogens is 437 g/mol. The standard InChI is InChI=1S/C21H32N4O.C2HF3O2/c1-17-15-22-20(23-16-17)25-12-8-21(9-13-25)6-4-18(5-7-21)14-19(26)24-10-2-3-11-24;3-2(4,5)1(6)7/h15-16,18H,2-14H2,1H3;(H,6,7). The smallest absolute Gasteiger partial charge is 0.475 e. The van der Waals surface area contributed by atoms with Crippen LogP contribution < -0.4 is 4.90 Å². The number of aryl methyl sites for hydroxylation is 1. The average molecular weight is 471 g/mol. The minimum Gasteiger partial charge on any atom is -0.475 e. The number of carbonyl (C=O) groups is 2. The second kappa shape index (κ2) is 10.7. The molecular formula is C23H33F3N4O3. The zero-order valence-electron chi connectivity index (χ0n) is 19.1. The van der Waals surface area contributed by atoms with E-state index in [1.54, 1.807) is 0 Å². The molecule has 7 nitrogen and oxygen atoms in total. The van der Waals surface area contributed by atoms with Gasteiger partial charge in [-0.15, -0.1) is 0 Å². The van der Waals surface area contributed by atoms with Crippen molar-refractivity contribution in [3.8, 4) is 0 Å². The zero-order chi connectivity index (χ0) is 24.1. The Labute approximate surface area is 192 Å². The molecule has 184 valence electrons. The van der Waals surface area contributed by atoms with Crippen molar-refractivity contribution in [3.05, 3.63) is 18.0 Å². The number of nitrogens with zero attached hydrogens (tertiary/aromatic N) is 4. The number of rotatable bonds is 3. The molecule has 1 aromatic heterocycles. The van der Waals surface area contributed by atoms with Gasteiger partial charge in [-0.05, 0) is 75.2 Å². The first-order valence-electron chi connectivity index (χ1n) is 11.7. The van der Waals surface area contributed by atoms with Crippen LogP contribution in [0.3, 0.4) is 0 Å². The highest BCUT2D eigenvalue weighted by molar-refractivity contribution is 5.76. The van der Waals surface area contributed by atoms with E-state index in [1.165, 1.54) is 51.4 Å². The second-order valence-corrected chi connectivity index (χ2v) is 9.59. The van der Waals surface area contributed by atoms with Gasteiger partial charge in [0.25, 0.3) is 0 Å². The van der Waals surface area contributed by atoms with E-state index in [2.05, 4.69) is 19.8 Å². The normalized spacial score (nSPS) is 21.0. The number of carbonyl (C=O) groups excluding carboxylic acids is 1. The van der Waals surface area contributed by atoms with Crippen LogP contribution in [0.5, 0.6) is 0 Å². The molecule has 2 aliphatic heterocycles. The molecule has 1 spiro atoms. The van der Waals surface area contributed by atoms with Crippen molar-refractivity contribution in [3.63, 3.8) is 0 Å². The number of hydrogen-bond donors (Lipinski definition) is 1. The van der Waals surface area contributed by atoms with Crippen molar-refractivity contribution in [2.24, 2.45) is 11.3 Å². The highest BCUT2D eigenvalue weighted by Crippen LogP contribution is 2.47. The lowest BCUT2D eigenvalue weighted by molar-refractivity contribution is -0.192. The van der Waals surface area contributed by atoms with Crippen LogP contribution in [-0.4, -0.2) is 64.2 Å². The maximum absolute atomic E-state index is 12.4. The number of alkyl halides is 3. The molecule has 1 aliphatic carbocycles. The predicted molar refractivity (Wildman–Crippen MR) is 117 cm³/mol. The third-order valence-electron chi connectivity index (χ3n) is 7.20. The van der Waals surface area contributed by atoms with Crippen molar-refractivity contribution in [1.29, 1.82) is 0 Å². The fourth-order valence-corrected chi connectivity index (χ4v) is 5.07. The number of hydrogen-bond acceptors (Lipinski definition) is 5. The van der Waals surface area contributed by atoms with E-state index in [-0.39, 0.29) is 0 Å². The van der Waals surface area contributed by atoms with Gasteiger partial charge in [0, 0.05) is 45.0 Å². The van der Waals surface area contributed by atoms with E-state index in [1.807, 2.05) is 19.3 Å². The van der Waals surface area contributed by atoms with Crippen molar-refractivity contribution >= 4 is 17.8 Å². The Morgan fingerprint density at radius 2 is 1.55 bits per heavy atom. The summed E-state index contributed by atoms with van der Waals surface area (Å²) in [6, 6.07) is 0. The Morgan fingerprint density at radius 3 is 2.03 bits per heavy atom. The van der Waals surface area contributed by atoms with E-state index in [0.29, 0.717) is 17.2 Å². The topological polar surface area (TPSA) is 86.6 Å². The molecule has 0 aromatic carbocycles. The van der Waals surface area contributed by atoms with Gasteiger partial charge < -0.3 is 14.9 Å². The SMILES string of the molecule is Cc1cnc(N2CCC3(CCC(CC(=O)N4CCCC4)CC3)CC2)nc1.O=C(O)C(F)(F)F. The van der Waals surface area contributed by atoms with Crippen LogP contribution in [0, 0.1) is 18.3 Å². The maximum atomic E-state index is 12.4. The summed E-state index contributed by atoms with van der Waals surface area (Å²) in [6.45, 7) is 6.15. The predicted octanol–water partition coefficient (Wildman–Crippen LogP) is 4.21. The van der Waals surface area contributed by atoms with Crippen LogP contribution in [0.2, 0.25) is 0 Å². The molecule has 10 heteroatoms. The number of carboxylic acid groups (broad SMARTS) is 1. The summed E-state index contributed by atoms with van der Waals surface area (Å²) in [6.07, 6.45) is 9.49. The minimum absolute atomic E-state index is 0.412. The number of amides is 1. The quantitative estimate of drug-likeness (QED) is 0.712. The summed E-state index contributed by atoms with van der Waals surface area (Å²) in [7, 11) is 0. The molecule has 2 saturated heterocycles. The summed E-state index contributed by atoms with van der Waals surface area (Å²) in [5, 5.41) is 7.12. The van der Waals surface area contributed by atoms with Crippen LogP contribution in [0.15, 0.2) is 12.4 Å². The summed E-state index contributed by atoms with van der Waals surface area (Å²) in [5.74, 6) is -0.843. The monoisotopic (exact) mass is 470 g/mol. The molecule has 33 heavy (non-hydrogen) atoms. The van der Waals surface area contributed by atoms with E-state index in [4.69, 9.17) is 9.90 Å². The van der Waals surface area contributed by atoms with Gasteiger partial charge in [-0.25, -0.2) is 14.8 Å². The maximum Gasteiger partial charge on any atom is 0.490 e. The first kappa shape index (κ1) is 25.2. The number of halogens is 3. The Morgan fingerprint density at radius 1 is 1.03 bits per heavy atom. The number of likely N-dealkylation sites (tertiary alicyclic amines) is 1. The Bertz CT molecular complexity index is 792. The van der Waals surface area contributed by atoms with Crippen molar-refractivity contribution < 1.29 is 27.9 Å². The van der Waals surface area contributed by atoms with Crippen molar-refractivity contribution in [2.45, 2.75) is 70.9 Å². The first-order chi connectivity index (χ1) is 15.6. The molecule has 0 radical (unpaired) electrons. The third kappa shape index (κ3) is 7.04. The molecule has 1 N–H and O–H groups in total. The molecule has 0 atom stereocenters. The number of piperidine rings is 1. The largest absolute Gasteiger partial charge is 0.490 e. The van der Waals surface area contributed by atoms with Gasteiger partial charge in [-0.2, -0.15) is 13.2 Å². The Kier molecular flexibility index (Phi) is 8.18. The van der Waals surface area contributed by atoms with Crippen molar-refractivity contribution in [1.82, 2.24) is 14.9 Å². The first-order valence-corrected chi connectivity index (χ1v) is 11.7. The minimum atomic E-state index is -5.08. The lowest BCUT2D eigenvalue weighted by Crippen LogP contribution is -2.43. The van der Waals surface area contributed by atoms with E-state index in [0.717, 1.165) is 44.1 Å². The van der Waals surface area contributed by atoms with Gasteiger partial charge >= 0.3 is 12.1 Å². The number of anilines is 1. The van der Waals surface area contributed by atoms with Crippen LogP contribution in [0.1, 0.15) is 63.4 Å². The summed E-state index contributed by atoms with van der Waals surface area (Å²) in [4.78, 5) is 34.7. The van der Waals surface area contributed by atoms with Gasteiger partial charge in [0.15, 0.2) is 0 Å². The molecule has 1 amide bonds. The molecule has 1 saturated carbocycles. The van der Waals surface area contributed by atoms with Crippen LogP contribution in [0.4, 0.5) is 19.1 Å². The third-order valence-corrected chi connectivity index (χ3v) is 7.20. The molecule has 4 rings (SSSR count). The highest BCUT2D eigenvalue weighted by Gasteiger charge is 2.39. The number of aromatic nitrogens is 2. The molecule has 1 aromatic rings. The molecule has 0 unspecified atom stereocenters. The molecule has 3 fully saturated rings. The van der Waals surface area contributed by atoms with Gasteiger partial charge in [-0.3, -0.25) is 4.79 Å². The summed E-state index contributed by atoms with van der Waals surface area (Å²) >= 11 is 0. The second-order valence-electron chi connectivity index (χ2n) is 9.59. The fraction of sp³-hybridized carbons (Fsp3) is 0.739. The van der Waals surface area contributed by atoms with Gasteiger partial charge in [0.1, 0.15) is 0 Å². The lowest BCUT2D eigenvalue weighted by atomic mass is 9.65. The van der Waals surface area contributed by atoms with Gasteiger partial charge in [0.2, 0.25) is 11.9 Å². The lowest BCUT2D eigenvalue weighted by Gasteiger charge is -2.46.